The summed E-state index contributed by atoms with van der Waals surface area (Å²) < 4.78 is 5.27. The van der Waals surface area contributed by atoms with Gasteiger partial charge in [-0.3, -0.25) is 4.79 Å². The molecule has 2 aromatic carbocycles. The highest BCUT2D eigenvalue weighted by Gasteiger charge is 2.16. The topological polar surface area (TPSA) is 70.7 Å². The number of ether oxygens (including phenoxy) is 1. The summed E-state index contributed by atoms with van der Waals surface area (Å²) in [5.74, 6) is 0.109. The third-order valence-corrected chi connectivity index (χ3v) is 4.47. The number of urea groups is 1. The fourth-order valence-electron chi connectivity index (χ4n) is 2.95. The second-order valence-corrected chi connectivity index (χ2v) is 6.48. The SMILES string of the molecule is O=C(NCCc1ccccc1)Nc1ccc(CC(=O)N2CCOCC2)cc1. The van der Waals surface area contributed by atoms with E-state index in [1.54, 1.807) is 0 Å². The Balaban J connectivity index is 1.41. The highest BCUT2D eigenvalue weighted by Crippen LogP contribution is 2.11. The van der Waals surface area contributed by atoms with E-state index in [-0.39, 0.29) is 11.9 Å². The highest BCUT2D eigenvalue weighted by atomic mass is 16.5. The minimum absolute atomic E-state index is 0.109. The second-order valence-electron chi connectivity index (χ2n) is 6.48. The smallest absolute Gasteiger partial charge is 0.319 e. The Morgan fingerprint density at radius 2 is 1.63 bits per heavy atom. The first kappa shape index (κ1) is 18.9. The van der Waals surface area contributed by atoms with Crippen molar-refractivity contribution >= 4 is 17.6 Å². The molecule has 0 aliphatic carbocycles. The molecule has 142 valence electrons. The molecule has 27 heavy (non-hydrogen) atoms. The summed E-state index contributed by atoms with van der Waals surface area (Å²) in [4.78, 5) is 26.1. The van der Waals surface area contributed by atoms with Crippen molar-refractivity contribution in [1.29, 1.82) is 0 Å². The number of morpholine rings is 1. The van der Waals surface area contributed by atoms with Crippen molar-refractivity contribution in [1.82, 2.24) is 10.2 Å². The van der Waals surface area contributed by atoms with Crippen LogP contribution in [0.15, 0.2) is 54.6 Å². The molecule has 0 bridgehead atoms. The second kappa shape index (κ2) is 9.73. The number of amides is 3. The number of nitrogens with one attached hydrogen (secondary N) is 2. The molecule has 0 spiro atoms. The highest BCUT2D eigenvalue weighted by molar-refractivity contribution is 5.89. The molecule has 2 N–H and O–H groups in total. The van der Waals surface area contributed by atoms with E-state index in [9.17, 15) is 9.59 Å². The molecule has 3 amide bonds. The van der Waals surface area contributed by atoms with Crippen molar-refractivity contribution in [2.45, 2.75) is 12.8 Å². The number of nitrogens with zero attached hydrogens (tertiary/aromatic N) is 1. The molecule has 0 aromatic heterocycles. The van der Waals surface area contributed by atoms with E-state index in [0.717, 1.165) is 12.0 Å². The predicted molar refractivity (Wildman–Crippen MR) is 105 cm³/mol. The quantitative estimate of drug-likeness (QED) is 0.824. The zero-order valence-electron chi connectivity index (χ0n) is 15.3. The number of benzene rings is 2. The lowest BCUT2D eigenvalue weighted by Gasteiger charge is -2.26. The average molecular weight is 367 g/mol. The maximum atomic E-state index is 12.3. The number of hydrogen-bond donors (Lipinski definition) is 2. The molecule has 1 heterocycles. The Labute approximate surface area is 159 Å². The third-order valence-electron chi connectivity index (χ3n) is 4.47. The Hall–Kier alpha value is -2.86. The average Bonchev–Trinajstić information content (AvgIpc) is 2.71. The first-order valence-electron chi connectivity index (χ1n) is 9.24. The van der Waals surface area contributed by atoms with Gasteiger partial charge in [-0.2, -0.15) is 0 Å². The number of carbonyl (C=O) groups is 2. The van der Waals surface area contributed by atoms with Crippen LogP contribution in [0.2, 0.25) is 0 Å². The lowest BCUT2D eigenvalue weighted by Crippen LogP contribution is -2.41. The Morgan fingerprint density at radius 1 is 0.926 bits per heavy atom. The Morgan fingerprint density at radius 3 is 2.33 bits per heavy atom. The van der Waals surface area contributed by atoms with Gasteiger partial charge in [0.15, 0.2) is 0 Å². The van der Waals surface area contributed by atoms with Gasteiger partial charge in [-0.1, -0.05) is 42.5 Å². The van der Waals surface area contributed by atoms with Gasteiger partial charge in [0.25, 0.3) is 0 Å². The summed E-state index contributed by atoms with van der Waals surface area (Å²) in [6, 6.07) is 17.2. The Bertz CT molecular complexity index is 741. The van der Waals surface area contributed by atoms with Gasteiger partial charge in [-0.25, -0.2) is 4.79 Å². The standard InChI is InChI=1S/C21H25N3O3/c25-20(24-12-14-27-15-13-24)16-18-6-8-19(9-7-18)23-21(26)22-11-10-17-4-2-1-3-5-17/h1-9H,10-16H2,(H2,22,23,26). The van der Waals surface area contributed by atoms with Crippen LogP contribution < -0.4 is 10.6 Å². The molecule has 1 aliphatic rings. The fourth-order valence-corrected chi connectivity index (χ4v) is 2.95. The lowest BCUT2D eigenvalue weighted by atomic mass is 10.1. The van der Waals surface area contributed by atoms with Crippen molar-refractivity contribution in [2.75, 3.05) is 38.2 Å². The van der Waals surface area contributed by atoms with Gasteiger partial charge in [0.05, 0.1) is 19.6 Å². The molecule has 0 saturated carbocycles. The molecule has 0 radical (unpaired) electrons. The summed E-state index contributed by atoms with van der Waals surface area (Å²) in [6.07, 6.45) is 1.15. The van der Waals surface area contributed by atoms with E-state index in [1.165, 1.54) is 5.56 Å². The number of carbonyl (C=O) groups excluding carboxylic acids is 2. The molecule has 1 fully saturated rings. The monoisotopic (exact) mass is 367 g/mol. The van der Waals surface area contributed by atoms with Gasteiger partial charge in [-0.05, 0) is 29.7 Å². The van der Waals surface area contributed by atoms with E-state index in [2.05, 4.69) is 10.6 Å². The van der Waals surface area contributed by atoms with Crippen molar-refractivity contribution in [3.8, 4) is 0 Å². The minimum Gasteiger partial charge on any atom is -0.378 e. The summed E-state index contributed by atoms with van der Waals surface area (Å²) >= 11 is 0. The van der Waals surface area contributed by atoms with Crippen molar-refractivity contribution in [2.24, 2.45) is 0 Å². The van der Waals surface area contributed by atoms with Crippen LogP contribution in [0, 0.1) is 0 Å². The largest absolute Gasteiger partial charge is 0.378 e. The van der Waals surface area contributed by atoms with Gasteiger partial charge >= 0.3 is 6.03 Å². The van der Waals surface area contributed by atoms with Gasteiger partial charge in [-0.15, -0.1) is 0 Å². The van der Waals surface area contributed by atoms with E-state index < -0.39 is 0 Å². The number of rotatable bonds is 6. The molecule has 1 saturated heterocycles. The maximum absolute atomic E-state index is 12.3. The molecular weight excluding hydrogens is 342 g/mol. The summed E-state index contributed by atoms with van der Waals surface area (Å²) in [7, 11) is 0. The van der Waals surface area contributed by atoms with E-state index in [1.807, 2.05) is 59.5 Å². The van der Waals surface area contributed by atoms with Crippen molar-refractivity contribution in [3.05, 3.63) is 65.7 Å². The maximum Gasteiger partial charge on any atom is 0.319 e. The minimum atomic E-state index is -0.233. The normalized spacial score (nSPS) is 13.9. The van der Waals surface area contributed by atoms with Crippen molar-refractivity contribution in [3.63, 3.8) is 0 Å². The van der Waals surface area contributed by atoms with Crippen LogP contribution in [-0.2, 0) is 22.4 Å². The van der Waals surface area contributed by atoms with Crippen LogP contribution in [0.25, 0.3) is 0 Å². The molecule has 6 heteroatoms. The first-order valence-corrected chi connectivity index (χ1v) is 9.24. The molecular formula is C21H25N3O3. The van der Waals surface area contributed by atoms with Gasteiger partial charge in [0, 0.05) is 25.3 Å². The van der Waals surface area contributed by atoms with Gasteiger partial charge < -0.3 is 20.3 Å². The Kier molecular flexibility index (Phi) is 6.82. The third kappa shape index (κ3) is 6.11. The molecule has 2 aromatic rings. The molecule has 3 rings (SSSR count). The first-order chi connectivity index (χ1) is 13.2. The lowest BCUT2D eigenvalue weighted by molar-refractivity contribution is -0.134. The molecule has 1 aliphatic heterocycles. The van der Waals surface area contributed by atoms with Crippen LogP contribution >= 0.6 is 0 Å². The van der Waals surface area contributed by atoms with E-state index in [4.69, 9.17) is 4.74 Å². The van der Waals surface area contributed by atoms with Crippen LogP contribution in [-0.4, -0.2) is 49.7 Å². The molecule has 0 unspecified atom stereocenters. The molecule has 6 nitrogen and oxygen atoms in total. The zero-order valence-corrected chi connectivity index (χ0v) is 15.3. The fraction of sp³-hybridized carbons (Fsp3) is 0.333. The van der Waals surface area contributed by atoms with Crippen LogP contribution in [0.1, 0.15) is 11.1 Å². The zero-order chi connectivity index (χ0) is 18.9. The predicted octanol–water partition coefficient (Wildman–Crippen LogP) is 2.45. The van der Waals surface area contributed by atoms with Crippen molar-refractivity contribution < 1.29 is 14.3 Å². The van der Waals surface area contributed by atoms with Crippen LogP contribution in [0.4, 0.5) is 10.5 Å². The number of hydrogen-bond acceptors (Lipinski definition) is 3. The van der Waals surface area contributed by atoms with Gasteiger partial charge in [0.2, 0.25) is 5.91 Å². The van der Waals surface area contributed by atoms with Crippen LogP contribution in [0.5, 0.6) is 0 Å². The van der Waals surface area contributed by atoms with E-state index in [0.29, 0.717) is 45.0 Å². The number of anilines is 1. The summed E-state index contributed by atoms with van der Waals surface area (Å²) in [6.45, 7) is 3.09. The summed E-state index contributed by atoms with van der Waals surface area (Å²) in [5, 5.41) is 5.66. The molecule has 0 atom stereocenters. The van der Waals surface area contributed by atoms with E-state index >= 15 is 0 Å². The summed E-state index contributed by atoms with van der Waals surface area (Å²) in [5.41, 5.74) is 2.82. The van der Waals surface area contributed by atoms with Gasteiger partial charge in [0.1, 0.15) is 0 Å². The van der Waals surface area contributed by atoms with Crippen LogP contribution in [0.3, 0.4) is 0 Å².